The zero-order chi connectivity index (χ0) is 20.4. The van der Waals surface area contributed by atoms with Crippen molar-refractivity contribution in [3.05, 3.63) is 23.8 Å². The maximum Gasteiger partial charge on any atom is 0.198 e. The molecule has 2 aliphatic carbocycles. The number of phenolic OH excluding ortho intramolecular Hbond substituents is 1. The minimum atomic E-state index is 0.0452. The Hall–Kier alpha value is -1.75. The lowest BCUT2D eigenvalue weighted by Gasteiger charge is -2.41. The molecule has 5 nitrogen and oxygen atoms in total. The van der Waals surface area contributed by atoms with E-state index in [2.05, 4.69) is 42.0 Å². The molecule has 4 rings (SSSR count). The smallest absolute Gasteiger partial charge is 0.198 e. The first-order valence-corrected chi connectivity index (χ1v) is 11.6. The van der Waals surface area contributed by atoms with Gasteiger partial charge in [0.2, 0.25) is 0 Å². The molecule has 29 heavy (non-hydrogen) atoms. The number of benzene rings is 1. The highest BCUT2D eigenvalue weighted by Gasteiger charge is 2.29. The topological polar surface area (TPSA) is 51.1 Å². The van der Waals surface area contributed by atoms with E-state index in [1.165, 1.54) is 50.5 Å². The maximum atomic E-state index is 10.5. The number of aromatic hydroxyl groups is 1. The van der Waals surface area contributed by atoms with E-state index in [0.717, 1.165) is 43.9 Å². The molecular weight excluding hydrogens is 360 g/mol. The third kappa shape index (κ3) is 5.25. The molecule has 0 unspecified atom stereocenters. The SMILES string of the molecule is CC(C)(C)c1ccc(O)c(NC(=NC2CC2)N2CCN(C3CCCCC3)CC2)c1. The molecule has 0 atom stereocenters. The minimum absolute atomic E-state index is 0.0452. The molecule has 0 bridgehead atoms. The van der Waals surface area contributed by atoms with Crippen molar-refractivity contribution < 1.29 is 5.11 Å². The zero-order valence-corrected chi connectivity index (χ0v) is 18.5. The van der Waals surface area contributed by atoms with Crippen LogP contribution in [0.4, 0.5) is 5.69 Å². The second-order valence-corrected chi connectivity index (χ2v) is 10.1. The summed E-state index contributed by atoms with van der Waals surface area (Å²) in [5.74, 6) is 1.24. The van der Waals surface area contributed by atoms with Gasteiger partial charge in [-0.15, -0.1) is 0 Å². The van der Waals surface area contributed by atoms with Crippen LogP contribution in [0, 0.1) is 0 Å². The standard InChI is InChI=1S/C24H38N4O/c1-24(2,3)18-9-12-22(29)21(17-18)26-23(25-19-10-11-19)28-15-13-27(14-16-28)20-7-5-4-6-8-20/h9,12,17,19-20,29H,4-8,10-11,13-16H2,1-3H3,(H,25,26). The Bertz CT molecular complexity index is 721. The lowest BCUT2D eigenvalue weighted by atomic mass is 9.87. The van der Waals surface area contributed by atoms with Crippen LogP contribution in [0.2, 0.25) is 0 Å². The van der Waals surface area contributed by atoms with Crippen molar-refractivity contribution in [3.8, 4) is 5.75 Å². The summed E-state index contributed by atoms with van der Waals surface area (Å²) in [6.45, 7) is 10.9. The fourth-order valence-corrected chi connectivity index (χ4v) is 4.54. The van der Waals surface area contributed by atoms with E-state index in [0.29, 0.717) is 11.8 Å². The number of aliphatic imine (C=N–C) groups is 1. The van der Waals surface area contributed by atoms with E-state index in [9.17, 15) is 5.11 Å². The summed E-state index contributed by atoms with van der Waals surface area (Å²) in [6.07, 6.45) is 9.30. The van der Waals surface area contributed by atoms with Gasteiger partial charge in [-0.2, -0.15) is 0 Å². The monoisotopic (exact) mass is 398 g/mol. The number of hydrogen-bond acceptors (Lipinski definition) is 3. The lowest BCUT2D eigenvalue weighted by molar-refractivity contribution is 0.107. The van der Waals surface area contributed by atoms with Crippen LogP contribution in [0.5, 0.6) is 5.75 Å². The number of anilines is 1. The van der Waals surface area contributed by atoms with Gasteiger partial charge in [-0.1, -0.05) is 46.1 Å². The summed E-state index contributed by atoms with van der Waals surface area (Å²) in [7, 11) is 0. The molecule has 0 radical (unpaired) electrons. The van der Waals surface area contributed by atoms with Crippen molar-refractivity contribution >= 4 is 11.6 Å². The highest BCUT2D eigenvalue weighted by molar-refractivity contribution is 5.95. The van der Waals surface area contributed by atoms with Crippen molar-refractivity contribution in [2.45, 2.75) is 83.2 Å². The van der Waals surface area contributed by atoms with Crippen LogP contribution >= 0.6 is 0 Å². The molecule has 160 valence electrons. The summed E-state index contributed by atoms with van der Waals surface area (Å²) < 4.78 is 0. The molecule has 2 saturated carbocycles. The Morgan fingerprint density at radius 3 is 2.31 bits per heavy atom. The highest BCUT2D eigenvalue weighted by atomic mass is 16.3. The van der Waals surface area contributed by atoms with E-state index in [4.69, 9.17) is 4.99 Å². The molecular formula is C24H38N4O. The van der Waals surface area contributed by atoms with Crippen LogP contribution in [-0.4, -0.2) is 59.1 Å². The Kier molecular flexibility index (Phi) is 6.05. The van der Waals surface area contributed by atoms with Crippen molar-refractivity contribution in [2.24, 2.45) is 4.99 Å². The molecule has 0 aromatic heterocycles. The molecule has 3 aliphatic rings. The Balaban J connectivity index is 1.45. The summed E-state index contributed by atoms with van der Waals surface area (Å²) in [4.78, 5) is 10.1. The fourth-order valence-electron chi connectivity index (χ4n) is 4.54. The largest absolute Gasteiger partial charge is 0.506 e. The van der Waals surface area contributed by atoms with Gasteiger partial charge in [-0.05, 0) is 48.8 Å². The van der Waals surface area contributed by atoms with Gasteiger partial charge in [0, 0.05) is 32.2 Å². The fraction of sp³-hybridized carbons (Fsp3) is 0.708. The van der Waals surface area contributed by atoms with Gasteiger partial charge in [0.15, 0.2) is 5.96 Å². The summed E-state index contributed by atoms with van der Waals surface area (Å²) >= 11 is 0. The summed E-state index contributed by atoms with van der Waals surface area (Å²) in [5.41, 5.74) is 2.03. The molecule has 1 saturated heterocycles. The average molecular weight is 399 g/mol. The average Bonchev–Trinajstić information content (AvgIpc) is 3.53. The Labute approximate surface area is 176 Å². The number of rotatable bonds is 3. The van der Waals surface area contributed by atoms with Gasteiger partial charge < -0.3 is 15.3 Å². The molecule has 1 aliphatic heterocycles. The van der Waals surface area contributed by atoms with E-state index in [1.807, 2.05) is 6.07 Å². The predicted molar refractivity (Wildman–Crippen MR) is 121 cm³/mol. The third-order valence-electron chi connectivity index (χ3n) is 6.67. The third-order valence-corrected chi connectivity index (χ3v) is 6.67. The Morgan fingerprint density at radius 1 is 1.00 bits per heavy atom. The number of phenols is 1. The second kappa shape index (κ2) is 8.55. The first-order valence-electron chi connectivity index (χ1n) is 11.6. The van der Waals surface area contributed by atoms with Crippen LogP contribution < -0.4 is 5.32 Å². The number of nitrogens with one attached hydrogen (secondary N) is 1. The van der Waals surface area contributed by atoms with Gasteiger partial charge in [-0.25, -0.2) is 4.99 Å². The van der Waals surface area contributed by atoms with Gasteiger partial charge in [-0.3, -0.25) is 4.90 Å². The van der Waals surface area contributed by atoms with Crippen LogP contribution in [0.15, 0.2) is 23.2 Å². The van der Waals surface area contributed by atoms with Gasteiger partial charge in [0.05, 0.1) is 11.7 Å². The molecule has 5 heteroatoms. The predicted octanol–water partition coefficient (Wildman–Crippen LogP) is 4.57. The van der Waals surface area contributed by atoms with Crippen LogP contribution in [0.1, 0.15) is 71.3 Å². The quantitative estimate of drug-likeness (QED) is 0.445. The van der Waals surface area contributed by atoms with Crippen LogP contribution in [0.3, 0.4) is 0 Å². The summed E-state index contributed by atoms with van der Waals surface area (Å²) in [5, 5.41) is 14.0. The van der Waals surface area contributed by atoms with Gasteiger partial charge >= 0.3 is 0 Å². The first kappa shape index (κ1) is 20.5. The van der Waals surface area contributed by atoms with Crippen molar-refractivity contribution in [3.63, 3.8) is 0 Å². The lowest BCUT2D eigenvalue weighted by Crippen LogP contribution is -2.53. The van der Waals surface area contributed by atoms with Crippen LogP contribution in [-0.2, 0) is 5.41 Å². The molecule has 0 amide bonds. The molecule has 1 heterocycles. The Morgan fingerprint density at radius 2 is 1.69 bits per heavy atom. The van der Waals surface area contributed by atoms with Crippen molar-refractivity contribution in [1.29, 1.82) is 0 Å². The maximum absolute atomic E-state index is 10.5. The molecule has 3 fully saturated rings. The number of nitrogens with zero attached hydrogens (tertiary/aromatic N) is 3. The minimum Gasteiger partial charge on any atom is -0.506 e. The van der Waals surface area contributed by atoms with E-state index >= 15 is 0 Å². The van der Waals surface area contributed by atoms with E-state index in [-0.39, 0.29) is 5.41 Å². The first-order chi connectivity index (χ1) is 13.9. The number of hydrogen-bond donors (Lipinski definition) is 2. The molecule has 2 N–H and O–H groups in total. The van der Waals surface area contributed by atoms with E-state index in [1.54, 1.807) is 6.07 Å². The molecule has 1 aromatic carbocycles. The highest BCUT2D eigenvalue weighted by Crippen LogP contribution is 2.32. The van der Waals surface area contributed by atoms with Gasteiger partial charge in [0.1, 0.15) is 5.75 Å². The van der Waals surface area contributed by atoms with Crippen molar-refractivity contribution in [2.75, 3.05) is 31.5 Å². The van der Waals surface area contributed by atoms with E-state index < -0.39 is 0 Å². The number of guanidine groups is 1. The van der Waals surface area contributed by atoms with Crippen molar-refractivity contribution in [1.82, 2.24) is 9.80 Å². The number of piperazine rings is 1. The molecule has 1 aromatic rings. The zero-order valence-electron chi connectivity index (χ0n) is 18.5. The summed E-state index contributed by atoms with van der Waals surface area (Å²) in [6, 6.07) is 7.13. The second-order valence-electron chi connectivity index (χ2n) is 10.1. The normalized spacial score (nSPS) is 22.7. The van der Waals surface area contributed by atoms with Crippen LogP contribution in [0.25, 0.3) is 0 Å². The molecule has 0 spiro atoms. The van der Waals surface area contributed by atoms with Gasteiger partial charge in [0.25, 0.3) is 0 Å².